The van der Waals surface area contributed by atoms with Crippen molar-refractivity contribution in [2.75, 3.05) is 10.6 Å². The lowest BCUT2D eigenvalue weighted by molar-refractivity contribution is -0.386. The van der Waals surface area contributed by atoms with Crippen molar-refractivity contribution in [1.29, 1.82) is 0 Å². The first-order valence-corrected chi connectivity index (χ1v) is 8.97. The molecule has 0 aliphatic heterocycles. The van der Waals surface area contributed by atoms with E-state index in [9.17, 15) is 19.7 Å². The molecular weight excluding hydrogens is 386 g/mol. The van der Waals surface area contributed by atoms with Crippen molar-refractivity contribution >= 4 is 39.6 Å². The fourth-order valence-electron chi connectivity index (χ4n) is 3.08. The highest BCUT2D eigenvalue weighted by atomic mass is 16.6. The number of anilines is 3. The molecule has 1 amide bonds. The van der Waals surface area contributed by atoms with E-state index in [1.807, 2.05) is 6.07 Å². The molecule has 0 unspecified atom stereocenters. The van der Waals surface area contributed by atoms with Gasteiger partial charge in [-0.05, 0) is 36.4 Å². The number of fused-ring (bicyclic) bond motifs is 1. The topological polar surface area (TPSA) is 114 Å². The Morgan fingerprint density at radius 3 is 2.33 bits per heavy atom. The molecule has 1 heterocycles. The summed E-state index contributed by atoms with van der Waals surface area (Å²) < 4.78 is 5.07. The Bertz CT molecular complexity index is 1320. The zero-order valence-corrected chi connectivity index (χ0v) is 15.5. The van der Waals surface area contributed by atoms with Crippen molar-refractivity contribution in [2.24, 2.45) is 0 Å². The molecule has 2 N–H and O–H groups in total. The Hall–Kier alpha value is -4.46. The Morgan fingerprint density at radius 1 is 0.900 bits per heavy atom. The van der Waals surface area contributed by atoms with E-state index in [-0.39, 0.29) is 16.8 Å². The van der Waals surface area contributed by atoms with Gasteiger partial charge in [0.15, 0.2) is 0 Å². The van der Waals surface area contributed by atoms with Crippen LogP contribution in [-0.4, -0.2) is 10.8 Å². The van der Waals surface area contributed by atoms with Crippen molar-refractivity contribution < 1.29 is 14.1 Å². The van der Waals surface area contributed by atoms with Gasteiger partial charge in [-0.15, -0.1) is 0 Å². The van der Waals surface area contributed by atoms with E-state index in [1.165, 1.54) is 0 Å². The van der Waals surface area contributed by atoms with Crippen molar-refractivity contribution in [1.82, 2.24) is 0 Å². The second-order valence-corrected chi connectivity index (χ2v) is 6.36. The van der Waals surface area contributed by atoms with Crippen LogP contribution in [0.4, 0.5) is 22.7 Å². The molecule has 4 rings (SSSR count). The Morgan fingerprint density at radius 2 is 1.57 bits per heavy atom. The molecule has 0 fully saturated rings. The standard InChI is InChI=1S/C22H15N3O5/c26-21(23-14-8-2-1-3-9-14)15-10-4-6-12-17(15)24-19-16-11-5-7-13-18(16)30-22(27)20(19)25(28)29/h1-13,24H,(H,23,26). The normalized spacial score (nSPS) is 10.5. The van der Waals surface area contributed by atoms with E-state index in [0.717, 1.165) is 0 Å². The van der Waals surface area contributed by atoms with E-state index in [4.69, 9.17) is 4.42 Å². The number of carbonyl (C=O) groups excluding carboxylic acids is 1. The molecule has 0 radical (unpaired) electrons. The number of nitro groups is 1. The molecule has 4 aromatic rings. The average molecular weight is 401 g/mol. The first-order valence-electron chi connectivity index (χ1n) is 8.97. The third-order valence-electron chi connectivity index (χ3n) is 4.43. The van der Waals surface area contributed by atoms with Crippen LogP contribution >= 0.6 is 0 Å². The van der Waals surface area contributed by atoms with E-state index < -0.39 is 22.1 Å². The monoisotopic (exact) mass is 401 g/mol. The van der Waals surface area contributed by atoms with E-state index >= 15 is 0 Å². The lowest BCUT2D eigenvalue weighted by atomic mass is 10.1. The number of hydrogen-bond donors (Lipinski definition) is 2. The van der Waals surface area contributed by atoms with E-state index in [2.05, 4.69) is 10.6 Å². The first kappa shape index (κ1) is 18.9. The van der Waals surface area contributed by atoms with Crippen molar-refractivity contribution in [3.63, 3.8) is 0 Å². The first-order chi connectivity index (χ1) is 14.5. The number of nitrogens with zero attached hydrogens (tertiary/aromatic N) is 1. The summed E-state index contributed by atoms with van der Waals surface area (Å²) in [5, 5.41) is 17.6. The van der Waals surface area contributed by atoms with Gasteiger partial charge in [-0.2, -0.15) is 0 Å². The van der Waals surface area contributed by atoms with Gasteiger partial charge in [-0.25, -0.2) is 4.79 Å². The lowest BCUT2D eigenvalue weighted by Gasteiger charge is -2.13. The summed E-state index contributed by atoms with van der Waals surface area (Å²) in [6.45, 7) is 0. The summed E-state index contributed by atoms with van der Waals surface area (Å²) in [5.41, 5.74) is -0.472. The highest BCUT2D eigenvalue weighted by molar-refractivity contribution is 6.09. The Kier molecular flexibility index (Phi) is 4.96. The molecule has 0 saturated heterocycles. The summed E-state index contributed by atoms with van der Waals surface area (Å²) >= 11 is 0. The van der Waals surface area contributed by atoms with Gasteiger partial charge in [0.2, 0.25) is 0 Å². The minimum Gasteiger partial charge on any atom is -0.418 e. The maximum Gasteiger partial charge on any atom is 0.417 e. The van der Waals surface area contributed by atoms with Crippen LogP contribution in [0, 0.1) is 10.1 Å². The van der Waals surface area contributed by atoms with Gasteiger partial charge in [0.1, 0.15) is 11.3 Å². The van der Waals surface area contributed by atoms with Gasteiger partial charge in [0.25, 0.3) is 5.91 Å². The maximum absolute atomic E-state index is 12.8. The fraction of sp³-hybridized carbons (Fsp3) is 0. The molecule has 8 nitrogen and oxygen atoms in total. The second kappa shape index (κ2) is 7.88. The summed E-state index contributed by atoms with van der Waals surface area (Å²) in [4.78, 5) is 35.8. The molecule has 0 spiro atoms. The van der Waals surface area contributed by atoms with Crippen LogP contribution in [0.25, 0.3) is 11.0 Å². The molecule has 8 heteroatoms. The smallest absolute Gasteiger partial charge is 0.417 e. The quantitative estimate of drug-likeness (QED) is 0.285. The molecule has 30 heavy (non-hydrogen) atoms. The molecule has 148 valence electrons. The zero-order valence-electron chi connectivity index (χ0n) is 15.5. The maximum atomic E-state index is 12.8. The number of para-hydroxylation sites is 3. The molecule has 0 atom stereocenters. The second-order valence-electron chi connectivity index (χ2n) is 6.36. The predicted octanol–water partition coefficient (Wildman–Crippen LogP) is 4.70. The summed E-state index contributed by atoms with van der Waals surface area (Å²) in [6.07, 6.45) is 0. The number of benzene rings is 3. The van der Waals surface area contributed by atoms with Gasteiger partial charge >= 0.3 is 11.3 Å². The molecule has 0 bridgehead atoms. The third-order valence-corrected chi connectivity index (χ3v) is 4.43. The Balaban J connectivity index is 1.80. The largest absolute Gasteiger partial charge is 0.418 e. The van der Waals surface area contributed by atoms with Crippen LogP contribution in [0.1, 0.15) is 10.4 Å². The number of rotatable bonds is 5. The average Bonchev–Trinajstić information content (AvgIpc) is 2.74. The van der Waals surface area contributed by atoms with Crippen molar-refractivity contribution in [3.8, 4) is 0 Å². The highest BCUT2D eigenvalue weighted by Crippen LogP contribution is 2.33. The number of amides is 1. The van der Waals surface area contributed by atoms with Crippen LogP contribution < -0.4 is 16.3 Å². The zero-order chi connectivity index (χ0) is 21.1. The van der Waals surface area contributed by atoms with Crippen LogP contribution in [0.2, 0.25) is 0 Å². The van der Waals surface area contributed by atoms with Crippen molar-refractivity contribution in [2.45, 2.75) is 0 Å². The van der Waals surface area contributed by atoms with E-state index in [0.29, 0.717) is 16.8 Å². The van der Waals surface area contributed by atoms with Crippen LogP contribution in [0.15, 0.2) is 88.1 Å². The molecule has 0 aliphatic rings. The minimum absolute atomic E-state index is 0.0354. The predicted molar refractivity (Wildman–Crippen MR) is 113 cm³/mol. The van der Waals surface area contributed by atoms with Gasteiger partial charge in [0.05, 0.1) is 16.2 Å². The molecular formula is C22H15N3O5. The fourth-order valence-corrected chi connectivity index (χ4v) is 3.08. The summed E-state index contributed by atoms with van der Waals surface area (Å²) in [5.74, 6) is -0.403. The molecule has 3 aromatic carbocycles. The van der Waals surface area contributed by atoms with Crippen LogP contribution in [0.3, 0.4) is 0 Å². The van der Waals surface area contributed by atoms with Gasteiger partial charge in [-0.3, -0.25) is 14.9 Å². The lowest BCUT2D eigenvalue weighted by Crippen LogP contribution is -2.15. The molecule has 0 aliphatic carbocycles. The third kappa shape index (κ3) is 3.61. The van der Waals surface area contributed by atoms with Gasteiger partial charge in [0, 0.05) is 11.1 Å². The van der Waals surface area contributed by atoms with Crippen LogP contribution in [-0.2, 0) is 0 Å². The number of nitrogens with one attached hydrogen (secondary N) is 2. The minimum atomic E-state index is -1.08. The SMILES string of the molecule is O=C(Nc1ccccc1)c1ccccc1Nc1c([N+](=O)[O-])c(=O)oc2ccccc12. The van der Waals surface area contributed by atoms with Gasteiger partial charge < -0.3 is 15.1 Å². The molecule has 0 saturated carbocycles. The van der Waals surface area contributed by atoms with E-state index in [1.54, 1.807) is 72.8 Å². The summed E-state index contributed by atoms with van der Waals surface area (Å²) in [7, 11) is 0. The number of carbonyl (C=O) groups is 1. The molecule has 1 aromatic heterocycles. The number of hydrogen-bond acceptors (Lipinski definition) is 6. The highest BCUT2D eigenvalue weighted by Gasteiger charge is 2.26. The van der Waals surface area contributed by atoms with Gasteiger partial charge in [-0.1, -0.05) is 42.5 Å². The summed E-state index contributed by atoms with van der Waals surface area (Å²) in [6, 6.07) is 21.9. The van der Waals surface area contributed by atoms with Crippen molar-refractivity contribution in [3.05, 3.63) is 105 Å². The van der Waals surface area contributed by atoms with Crippen LogP contribution in [0.5, 0.6) is 0 Å². The Labute approximate surface area is 169 Å².